The number of fused-ring (bicyclic) bond motifs is 1. The zero-order valence-electron chi connectivity index (χ0n) is 21.5. The Morgan fingerprint density at radius 3 is 2.35 bits per heavy atom. The van der Waals surface area contributed by atoms with Crippen LogP contribution in [0.1, 0.15) is 15.9 Å². The molecular formula is C30H33N5O2. The molecule has 4 heterocycles. The lowest BCUT2D eigenvalue weighted by molar-refractivity contribution is 0.0303. The fraction of sp³-hybridized carbons (Fsp3) is 0.333. The van der Waals surface area contributed by atoms with Gasteiger partial charge in [0.15, 0.2) is 0 Å². The van der Waals surface area contributed by atoms with Gasteiger partial charge in [0.25, 0.3) is 5.91 Å². The van der Waals surface area contributed by atoms with Crippen LogP contribution < -0.4 is 4.90 Å². The van der Waals surface area contributed by atoms with Crippen LogP contribution in [-0.2, 0) is 4.74 Å². The minimum Gasteiger partial charge on any atom is -0.378 e. The number of morpholine rings is 1. The Kier molecular flexibility index (Phi) is 6.40. The van der Waals surface area contributed by atoms with E-state index in [1.165, 1.54) is 16.8 Å². The quantitative estimate of drug-likeness (QED) is 0.454. The van der Waals surface area contributed by atoms with E-state index in [-0.39, 0.29) is 5.91 Å². The maximum absolute atomic E-state index is 12.8. The summed E-state index contributed by atoms with van der Waals surface area (Å²) in [5, 5.41) is 1.07. The maximum atomic E-state index is 12.8. The van der Waals surface area contributed by atoms with Crippen molar-refractivity contribution in [3.63, 3.8) is 0 Å². The number of likely N-dealkylation sites (N-methyl/N-ethyl adjacent to an activating group) is 1. The molecule has 2 aliphatic heterocycles. The van der Waals surface area contributed by atoms with E-state index in [1.54, 1.807) is 0 Å². The molecule has 6 rings (SSSR count). The molecule has 190 valence electrons. The molecule has 0 saturated carbocycles. The number of aromatic nitrogens is 2. The minimum absolute atomic E-state index is 0.0631. The van der Waals surface area contributed by atoms with Crippen LogP contribution in [0.2, 0.25) is 0 Å². The molecule has 0 atom stereocenters. The number of anilines is 1. The number of benzene rings is 2. The number of aromatic amines is 1. The molecule has 7 heteroatoms. The molecule has 4 aromatic rings. The molecule has 37 heavy (non-hydrogen) atoms. The van der Waals surface area contributed by atoms with Crippen LogP contribution in [0.25, 0.3) is 33.3 Å². The molecule has 0 bridgehead atoms. The summed E-state index contributed by atoms with van der Waals surface area (Å²) in [5.74, 6) is 0.0631. The zero-order valence-corrected chi connectivity index (χ0v) is 21.5. The summed E-state index contributed by atoms with van der Waals surface area (Å²) in [7, 11) is 2.19. The fourth-order valence-electron chi connectivity index (χ4n) is 5.38. The Hall–Kier alpha value is -3.68. The van der Waals surface area contributed by atoms with E-state index >= 15 is 0 Å². The van der Waals surface area contributed by atoms with Gasteiger partial charge in [0.1, 0.15) is 5.65 Å². The minimum atomic E-state index is 0.0631. The van der Waals surface area contributed by atoms with Crippen molar-refractivity contribution >= 4 is 22.6 Å². The Balaban J connectivity index is 1.26. The summed E-state index contributed by atoms with van der Waals surface area (Å²) >= 11 is 0. The van der Waals surface area contributed by atoms with Crippen molar-refractivity contribution < 1.29 is 9.53 Å². The van der Waals surface area contributed by atoms with Crippen molar-refractivity contribution in [1.29, 1.82) is 0 Å². The molecule has 0 radical (unpaired) electrons. The summed E-state index contributed by atoms with van der Waals surface area (Å²) in [6.45, 7) is 9.02. The second kappa shape index (κ2) is 10.00. The van der Waals surface area contributed by atoms with Crippen molar-refractivity contribution in [2.45, 2.75) is 6.92 Å². The second-order valence-corrected chi connectivity index (χ2v) is 10.1. The largest absolute Gasteiger partial charge is 0.378 e. The van der Waals surface area contributed by atoms with Crippen LogP contribution in [0.4, 0.5) is 5.69 Å². The van der Waals surface area contributed by atoms with E-state index in [0.717, 1.165) is 53.9 Å². The molecule has 2 saturated heterocycles. The molecule has 2 aromatic heterocycles. The van der Waals surface area contributed by atoms with Crippen LogP contribution in [0.3, 0.4) is 0 Å². The summed E-state index contributed by atoms with van der Waals surface area (Å²) in [6, 6.07) is 16.8. The SMILES string of the molecule is Cc1cc(-c2cnc3[nH]cc(-c4ccc(C(=O)N5CCOCC5)cc4)c3c2)ccc1N1CCN(C)CC1. The number of amides is 1. The molecule has 1 amide bonds. The van der Waals surface area contributed by atoms with Gasteiger partial charge in [-0.1, -0.05) is 18.2 Å². The monoisotopic (exact) mass is 495 g/mol. The molecule has 2 fully saturated rings. The van der Waals surface area contributed by atoms with E-state index in [2.05, 4.69) is 53.0 Å². The van der Waals surface area contributed by atoms with Gasteiger partial charge < -0.3 is 24.4 Å². The van der Waals surface area contributed by atoms with E-state index in [0.29, 0.717) is 31.9 Å². The third-order valence-corrected chi connectivity index (χ3v) is 7.65. The summed E-state index contributed by atoms with van der Waals surface area (Å²) in [6.07, 6.45) is 3.94. The number of carbonyl (C=O) groups excluding carboxylic acids is 1. The standard InChI is InChI=1S/C30H33N5O2/c1-21-17-24(7-8-28(21)34-11-9-33(2)10-12-34)25-18-26-27(20-32-29(26)31-19-25)22-3-5-23(6-4-22)30(36)35-13-15-37-16-14-35/h3-8,17-20H,9-16H2,1-2H3,(H,31,32). The van der Waals surface area contributed by atoms with Gasteiger partial charge in [0, 0.05) is 79.4 Å². The van der Waals surface area contributed by atoms with E-state index in [4.69, 9.17) is 9.72 Å². The normalized spacial score (nSPS) is 16.9. The molecule has 1 N–H and O–H groups in total. The first-order valence-electron chi connectivity index (χ1n) is 13.1. The third-order valence-electron chi connectivity index (χ3n) is 7.65. The Morgan fingerprint density at radius 2 is 1.62 bits per heavy atom. The molecule has 2 aliphatic rings. The van der Waals surface area contributed by atoms with Gasteiger partial charge in [-0.25, -0.2) is 4.98 Å². The van der Waals surface area contributed by atoms with Crippen LogP contribution in [-0.4, -0.2) is 85.2 Å². The van der Waals surface area contributed by atoms with Crippen LogP contribution >= 0.6 is 0 Å². The van der Waals surface area contributed by atoms with Gasteiger partial charge in [-0.15, -0.1) is 0 Å². The first-order chi connectivity index (χ1) is 18.1. The number of piperazine rings is 1. The van der Waals surface area contributed by atoms with E-state index in [9.17, 15) is 4.79 Å². The first kappa shape index (κ1) is 23.7. The molecule has 2 aromatic carbocycles. The van der Waals surface area contributed by atoms with Crippen molar-refractivity contribution in [3.05, 3.63) is 72.1 Å². The summed E-state index contributed by atoms with van der Waals surface area (Å²) in [4.78, 5) is 27.6. The summed E-state index contributed by atoms with van der Waals surface area (Å²) < 4.78 is 5.37. The molecule has 7 nitrogen and oxygen atoms in total. The number of carbonyl (C=O) groups is 1. The van der Waals surface area contributed by atoms with Crippen molar-refractivity contribution in [2.24, 2.45) is 0 Å². The van der Waals surface area contributed by atoms with Gasteiger partial charge in [-0.2, -0.15) is 0 Å². The molecule has 0 unspecified atom stereocenters. The topological polar surface area (TPSA) is 64.7 Å². The zero-order chi connectivity index (χ0) is 25.4. The van der Waals surface area contributed by atoms with Crippen LogP contribution in [0.15, 0.2) is 60.9 Å². The maximum Gasteiger partial charge on any atom is 0.254 e. The van der Waals surface area contributed by atoms with Crippen molar-refractivity contribution in [2.75, 3.05) is 64.4 Å². The fourth-order valence-corrected chi connectivity index (χ4v) is 5.38. The number of nitrogens with one attached hydrogen (secondary N) is 1. The highest BCUT2D eigenvalue weighted by Crippen LogP contribution is 2.33. The highest BCUT2D eigenvalue weighted by molar-refractivity contribution is 5.98. The average Bonchev–Trinajstić information content (AvgIpc) is 3.37. The lowest BCUT2D eigenvalue weighted by atomic mass is 9.99. The predicted octanol–water partition coefficient (Wildman–Crippen LogP) is 4.43. The van der Waals surface area contributed by atoms with Gasteiger partial charge in [-0.3, -0.25) is 4.79 Å². The van der Waals surface area contributed by atoms with Gasteiger partial charge in [0.05, 0.1) is 13.2 Å². The lowest BCUT2D eigenvalue weighted by Crippen LogP contribution is -2.44. The number of aryl methyl sites for hydroxylation is 1. The average molecular weight is 496 g/mol. The Labute approximate surface area is 217 Å². The molecular weight excluding hydrogens is 462 g/mol. The van der Waals surface area contributed by atoms with Crippen molar-refractivity contribution in [1.82, 2.24) is 19.8 Å². The third kappa shape index (κ3) is 4.72. The smallest absolute Gasteiger partial charge is 0.254 e. The predicted molar refractivity (Wildman–Crippen MR) is 148 cm³/mol. The Bertz CT molecular complexity index is 1410. The number of nitrogens with zero attached hydrogens (tertiary/aromatic N) is 4. The van der Waals surface area contributed by atoms with E-state index in [1.807, 2.05) is 41.6 Å². The van der Waals surface area contributed by atoms with Gasteiger partial charge >= 0.3 is 0 Å². The van der Waals surface area contributed by atoms with Crippen LogP contribution in [0, 0.1) is 6.92 Å². The van der Waals surface area contributed by atoms with Gasteiger partial charge in [-0.05, 0) is 61.0 Å². The number of hydrogen-bond donors (Lipinski definition) is 1. The molecule has 0 aliphatic carbocycles. The number of ether oxygens (including phenoxy) is 1. The summed E-state index contributed by atoms with van der Waals surface area (Å²) in [5.41, 5.74) is 8.59. The Morgan fingerprint density at radius 1 is 0.892 bits per heavy atom. The van der Waals surface area contributed by atoms with Gasteiger partial charge in [0.2, 0.25) is 0 Å². The second-order valence-electron chi connectivity index (χ2n) is 10.1. The molecule has 0 spiro atoms. The first-order valence-corrected chi connectivity index (χ1v) is 13.1. The van der Waals surface area contributed by atoms with E-state index < -0.39 is 0 Å². The number of H-pyrrole nitrogens is 1. The van der Waals surface area contributed by atoms with Crippen LogP contribution in [0.5, 0.6) is 0 Å². The lowest BCUT2D eigenvalue weighted by Gasteiger charge is -2.35. The number of pyridine rings is 1. The number of hydrogen-bond acceptors (Lipinski definition) is 5. The highest BCUT2D eigenvalue weighted by Gasteiger charge is 2.19. The number of rotatable bonds is 4. The highest BCUT2D eigenvalue weighted by atomic mass is 16.5. The van der Waals surface area contributed by atoms with Crippen molar-refractivity contribution in [3.8, 4) is 22.3 Å².